The van der Waals surface area contributed by atoms with Gasteiger partial charge in [0, 0.05) is 32.1 Å². The molecule has 0 saturated carbocycles. The smallest absolute Gasteiger partial charge is 0.228 e. The summed E-state index contributed by atoms with van der Waals surface area (Å²) in [5.74, 6) is -0.0590. The first kappa shape index (κ1) is 18.7. The van der Waals surface area contributed by atoms with Crippen LogP contribution in [0.2, 0.25) is 0 Å². The lowest BCUT2D eigenvalue weighted by Crippen LogP contribution is -2.48. The van der Waals surface area contributed by atoms with Gasteiger partial charge in [0.05, 0.1) is 12.0 Å². The molecule has 2 amide bonds. The van der Waals surface area contributed by atoms with Crippen molar-refractivity contribution >= 4 is 24.2 Å². The molecule has 3 rings (SSSR count). The number of hydrogen-bond donors (Lipinski definition) is 1. The van der Waals surface area contributed by atoms with Crippen LogP contribution in [0.1, 0.15) is 37.8 Å². The first-order valence-electron chi connectivity index (χ1n) is 8.45. The molecule has 1 aromatic rings. The van der Waals surface area contributed by atoms with Crippen molar-refractivity contribution in [1.29, 1.82) is 0 Å². The van der Waals surface area contributed by atoms with Crippen LogP contribution in [0.3, 0.4) is 0 Å². The molecule has 2 saturated heterocycles. The Hall–Kier alpha value is -1.59. The summed E-state index contributed by atoms with van der Waals surface area (Å²) in [6.07, 6.45) is 2.25. The summed E-state index contributed by atoms with van der Waals surface area (Å²) in [5, 5.41) is 0. The van der Waals surface area contributed by atoms with E-state index in [-0.39, 0.29) is 42.2 Å². The summed E-state index contributed by atoms with van der Waals surface area (Å²) in [6.45, 7) is 3.93. The van der Waals surface area contributed by atoms with Gasteiger partial charge in [-0.15, -0.1) is 12.4 Å². The van der Waals surface area contributed by atoms with Gasteiger partial charge in [-0.05, 0) is 25.3 Å². The highest BCUT2D eigenvalue weighted by Gasteiger charge is 2.39. The van der Waals surface area contributed by atoms with Gasteiger partial charge in [0.15, 0.2) is 0 Å². The highest BCUT2D eigenvalue weighted by Crippen LogP contribution is 2.29. The van der Waals surface area contributed by atoms with E-state index < -0.39 is 0 Å². The number of likely N-dealkylation sites (tertiary alicyclic amines) is 2. The molecule has 0 aromatic heterocycles. The van der Waals surface area contributed by atoms with Gasteiger partial charge in [0.1, 0.15) is 0 Å². The maximum absolute atomic E-state index is 12.7. The number of nitrogens with two attached hydrogens (primary N) is 1. The third-order valence-electron chi connectivity index (χ3n) is 5.03. The highest BCUT2D eigenvalue weighted by molar-refractivity contribution is 5.89. The average Bonchev–Trinajstić information content (AvgIpc) is 2.96. The zero-order valence-corrected chi connectivity index (χ0v) is 14.9. The minimum atomic E-state index is -0.223. The number of amides is 2. The molecular weight excluding hydrogens is 326 g/mol. The fraction of sp³-hybridized carbons (Fsp3) is 0.556. The molecule has 2 aliphatic rings. The summed E-state index contributed by atoms with van der Waals surface area (Å²) in [6, 6.07) is 10.0. The van der Waals surface area contributed by atoms with Gasteiger partial charge >= 0.3 is 0 Å². The van der Waals surface area contributed by atoms with Crippen LogP contribution in [-0.2, 0) is 9.59 Å². The van der Waals surface area contributed by atoms with E-state index in [0.717, 1.165) is 24.9 Å². The number of nitrogens with zero attached hydrogens (tertiary/aromatic N) is 2. The molecule has 0 aliphatic carbocycles. The van der Waals surface area contributed by atoms with Crippen LogP contribution < -0.4 is 5.73 Å². The molecule has 3 atom stereocenters. The Morgan fingerprint density at radius 3 is 2.62 bits per heavy atom. The topological polar surface area (TPSA) is 66.6 Å². The maximum Gasteiger partial charge on any atom is 0.228 e. The summed E-state index contributed by atoms with van der Waals surface area (Å²) in [7, 11) is 0. The van der Waals surface area contributed by atoms with Crippen molar-refractivity contribution in [3.05, 3.63) is 35.9 Å². The van der Waals surface area contributed by atoms with Crippen molar-refractivity contribution in [2.75, 3.05) is 19.6 Å². The molecule has 2 N–H and O–H groups in total. The van der Waals surface area contributed by atoms with Gasteiger partial charge in [-0.2, -0.15) is 0 Å². The monoisotopic (exact) mass is 351 g/mol. The van der Waals surface area contributed by atoms with E-state index in [1.54, 1.807) is 0 Å². The summed E-state index contributed by atoms with van der Waals surface area (Å²) in [5.41, 5.74) is 7.07. The van der Waals surface area contributed by atoms with Crippen molar-refractivity contribution in [2.24, 2.45) is 11.7 Å². The first-order valence-corrected chi connectivity index (χ1v) is 8.45. The summed E-state index contributed by atoms with van der Waals surface area (Å²) < 4.78 is 0. The molecule has 6 heteroatoms. The Morgan fingerprint density at radius 1 is 1.25 bits per heavy atom. The SMILES string of the molecule is CC(c1ccccc1)N1CC(C(=O)N2CCCC(N)C2)CC1=O.Cl. The molecule has 0 bridgehead atoms. The van der Waals surface area contributed by atoms with Gasteiger partial charge in [-0.3, -0.25) is 9.59 Å². The first-order chi connectivity index (χ1) is 11.1. The zero-order valence-electron chi connectivity index (χ0n) is 14.1. The van der Waals surface area contributed by atoms with Gasteiger partial charge in [-0.1, -0.05) is 30.3 Å². The van der Waals surface area contributed by atoms with Crippen LogP contribution in [0.15, 0.2) is 30.3 Å². The highest BCUT2D eigenvalue weighted by atomic mass is 35.5. The molecule has 2 aliphatic heterocycles. The standard InChI is InChI=1S/C18H25N3O2.ClH/c1-13(14-6-3-2-4-7-14)21-11-15(10-17(21)22)18(23)20-9-5-8-16(19)12-20;/h2-4,6-7,13,15-16H,5,8-12,19H2,1H3;1H. The van der Waals surface area contributed by atoms with Gasteiger partial charge in [0.25, 0.3) is 0 Å². The Labute approximate surface area is 149 Å². The van der Waals surface area contributed by atoms with Crippen LogP contribution >= 0.6 is 12.4 Å². The Bertz CT molecular complexity index is 581. The zero-order chi connectivity index (χ0) is 16.4. The molecule has 0 spiro atoms. The van der Waals surface area contributed by atoms with Crippen molar-refractivity contribution < 1.29 is 9.59 Å². The Balaban J connectivity index is 0.00000208. The number of benzene rings is 1. The van der Waals surface area contributed by atoms with Crippen LogP contribution in [0.5, 0.6) is 0 Å². The second-order valence-electron chi connectivity index (χ2n) is 6.72. The van der Waals surface area contributed by atoms with E-state index in [1.807, 2.05) is 47.1 Å². The molecule has 3 unspecified atom stereocenters. The van der Waals surface area contributed by atoms with Gasteiger partial charge in [-0.25, -0.2) is 0 Å². The lowest BCUT2D eigenvalue weighted by Gasteiger charge is -2.32. The lowest BCUT2D eigenvalue weighted by atomic mass is 10.0. The number of carbonyl (C=O) groups is 2. The van der Waals surface area contributed by atoms with E-state index in [4.69, 9.17) is 5.73 Å². The van der Waals surface area contributed by atoms with E-state index in [0.29, 0.717) is 19.5 Å². The fourth-order valence-electron chi connectivity index (χ4n) is 3.65. The van der Waals surface area contributed by atoms with E-state index >= 15 is 0 Å². The quantitative estimate of drug-likeness (QED) is 0.905. The van der Waals surface area contributed by atoms with Crippen molar-refractivity contribution in [2.45, 2.75) is 38.3 Å². The van der Waals surface area contributed by atoms with Crippen LogP contribution in [-0.4, -0.2) is 47.3 Å². The third-order valence-corrected chi connectivity index (χ3v) is 5.03. The maximum atomic E-state index is 12.7. The molecule has 2 heterocycles. The normalized spacial score (nSPS) is 25.3. The Morgan fingerprint density at radius 2 is 1.96 bits per heavy atom. The summed E-state index contributed by atoms with van der Waals surface area (Å²) in [4.78, 5) is 28.8. The van der Waals surface area contributed by atoms with Crippen molar-refractivity contribution in [3.8, 4) is 0 Å². The van der Waals surface area contributed by atoms with Crippen molar-refractivity contribution in [3.63, 3.8) is 0 Å². The number of rotatable bonds is 3. The number of halogens is 1. The van der Waals surface area contributed by atoms with Crippen molar-refractivity contribution in [1.82, 2.24) is 9.80 Å². The van der Waals surface area contributed by atoms with E-state index in [9.17, 15) is 9.59 Å². The second kappa shape index (κ2) is 7.99. The van der Waals surface area contributed by atoms with Gasteiger partial charge in [0.2, 0.25) is 11.8 Å². The van der Waals surface area contributed by atoms with Crippen LogP contribution in [0, 0.1) is 5.92 Å². The third kappa shape index (κ3) is 3.90. The van der Waals surface area contributed by atoms with Gasteiger partial charge < -0.3 is 15.5 Å². The number of hydrogen-bond acceptors (Lipinski definition) is 3. The predicted molar refractivity (Wildman–Crippen MR) is 95.7 cm³/mol. The molecule has 2 fully saturated rings. The van der Waals surface area contributed by atoms with Crippen LogP contribution in [0.4, 0.5) is 0 Å². The predicted octanol–water partition coefficient (Wildman–Crippen LogP) is 1.97. The second-order valence-corrected chi connectivity index (χ2v) is 6.72. The Kier molecular flexibility index (Phi) is 6.24. The summed E-state index contributed by atoms with van der Waals surface area (Å²) >= 11 is 0. The average molecular weight is 352 g/mol. The minimum Gasteiger partial charge on any atom is -0.341 e. The lowest BCUT2D eigenvalue weighted by molar-refractivity contribution is -0.137. The number of piperidine rings is 1. The minimum absolute atomic E-state index is 0. The molecule has 132 valence electrons. The molecule has 5 nitrogen and oxygen atoms in total. The molecule has 24 heavy (non-hydrogen) atoms. The fourth-order valence-corrected chi connectivity index (χ4v) is 3.65. The van der Waals surface area contributed by atoms with Crippen LogP contribution in [0.25, 0.3) is 0 Å². The molecule has 1 aromatic carbocycles. The molecular formula is C18H26ClN3O2. The van der Waals surface area contributed by atoms with E-state index in [1.165, 1.54) is 0 Å². The largest absolute Gasteiger partial charge is 0.341 e. The number of carbonyl (C=O) groups excluding carboxylic acids is 2. The molecule has 0 radical (unpaired) electrons. The van der Waals surface area contributed by atoms with E-state index in [2.05, 4.69) is 0 Å².